The van der Waals surface area contributed by atoms with Crippen LogP contribution in [0.4, 0.5) is 0 Å². The second-order valence-electron chi connectivity index (χ2n) is 7.91. The first-order chi connectivity index (χ1) is 14.0. The summed E-state index contributed by atoms with van der Waals surface area (Å²) in [5.74, 6) is 2.03. The van der Waals surface area contributed by atoms with Crippen LogP contribution in [0, 0.1) is 13.8 Å². The summed E-state index contributed by atoms with van der Waals surface area (Å²) in [5, 5.41) is 13.3. The van der Waals surface area contributed by atoms with E-state index in [2.05, 4.69) is 51.1 Å². The zero-order valence-electron chi connectivity index (χ0n) is 17.4. The van der Waals surface area contributed by atoms with E-state index in [1.807, 2.05) is 35.6 Å². The van der Waals surface area contributed by atoms with Crippen molar-refractivity contribution in [2.24, 2.45) is 0 Å². The summed E-state index contributed by atoms with van der Waals surface area (Å²) in [5.41, 5.74) is 3.37. The Bertz CT molecular complexity index is 990. The van der Waals surface area contributed by atoms with Crippen molar-refractivity contribution >= 4 is 5.91 Å². The standard InChI is InChI=1S/C22H28N6O/c1-16-13-17(2)27(25-16)12-11-22(29)26-14-18(3)28-20(23-24-21(28)15-26)10-9-19-7-5-4-6-8-19/h4-8,13,18H,9-12,14-15H2,1-3H3/t18-/m0/s1. The summed E-state index contributed by atoms with van der Waals surface area (Å²) in [7, 11) is 0. The van der Waals surface area contributed by atoms with Gasteiger partial charge < -0.3 is 9.47 Å². The zero-order chi connectivity index (χ0) is 20.4. The van der Waals surface area contributed by atoms with Crippen LogP contribution >= 0.6 is 0 Å². The van der Waals surface area contributed by atoms with E-state index in [1.165, 1.54) is 5.56 Å². The van der Waals surface area contributed by atoms with Crippen molar-refractivity contribution in [2.75, 3.05) is 6.54 Å². The van der Waals surface area contributed by atoms with Crippen molar-refractivity contribution in [2.45, 2.75) is 59.2 Å². The van der Waals surface area contributed by atoms with Crippen molar-refractivity contribution < 1.29 is 4.79 Å². The largest absolute Gasteiger partial charge is 0.333 e. The number of hydrogen-bond acceptors (Lipinski definition) is 4. The van der Waals surface area contributed by atoms with Gasteiger partial charge in [0.2, 0.25) is 5.91 Å². The maximum atomic E-state index is 12.8. The van der Waals surface area contributed by atoms with Gasteiger partial charge in [0, 0.05) is 31.6 Å². The number of benzene rings is 1. The summed E-state index contributed by atoms with van der Waals surface area (Å²) in [6.45, 7) is 7.96. The van der Waals surface area contributed by atoms with Crippen molar-refractivity contribution in [3.05, 3.63) is 65.0 Å². The molecule has 1 amide bonds. The molecule has 1 aromatic carbocycles. The Morgan fingerprint density at radius 3 is 2.66 bits per heavy atom. The molecule has 4 rings (SSSR count). The van der Waals surface area contributed by atoms with E-state index >= 15 is 0 Å². The third kappa shape index (κ3) is 4.23. The molecule has 7 heteroatoms. The molecule has 0 saturated heterocycles. The van der Waals surface area contributed by atoms with Gasteiger partial charge in [-0.3, -0.25) is 9.48 Å². The first-order valence-corrected chi connectivity index (χ1v) is 10.3. The number of aryl methyl sites for hydroxylation is 5. The third-order valence-corrected chi connectivity index (χ3v) is 5.57. The van der Waals surface area contributed by atoms with Gasteiger partial charge in [-0.1, -0.05) is 30.3 Å². The Morgan fingerprint density at radius 1 is 1.14 bits per heavy atom. The summed E-state index contributed by atoms with van der Waals surface area (Å²) in [6, 6.07) is 12.6. The average Bonchev–Trinajstić information content (AvgIpc) is 3.27. The fourth-order valence-electron chi connectivity index (χ4n) is 4.14. The first kappa shape index (κ1) is 19.4. The van der Waals surface area contributed by atoms with Crippen LogP contribution < -0.4 is 0 Å². The highest BCUT2D eigenvalue weighted by atomic mass is 16.2. The summed E-state index contributed by atoms with van der Waals surface area (Å²) in [4.78, 5) is 14.7. The summed E-state index contributed by atoms with van der Waals surface area (Å²) in [6.07, 6.45) is 2.24. The van der Waals surface area contributed by atoms with E-state index in [0.717, 1.165) is 35.9 Å². The second-order valence-corrected chi connectivity index (χ2v) is 7.91. The molecule has 2 aromatic heterocycles. The number of nitrogens with zero attached hydrogens (tertiary/aromatic N) is 6. The van der Waals surface area contributed by atoms with Gasteiger partial charge in [0.25, 0.3) is 0 Å². The Morgan fingerprint density at radius 2 is 1.93 bits per heavy atom. The molecule has 0 N–H and O–H groups in total. The number of carbonyl (C=O) groups is 1. The first-order valence-electron chi connectivity index (χ1n) is 10.3. The highest BCUT2D eigenvalue weighted by Gasteiger charge is 2.28. The Labute approximate surface area is 171 Å². The van der Waals surface area contributed by atoms with Gasteiger partial charge in [-0.05, 0) is 38.8 Å². The lowest BCUT2D eigenvalue weighted by molar-refractivity contribution is -0.133. The smallest absolute Gasteiger partial charge is 0.224 e. The van der Waals surface area contributed by atoms with Crippen molar-refractivity contribution in [1.82, 2.24) is 29.4 Å². The van der Waals surface area contributed by atoms with Crippen molar-refractivity contribution in [3.63, 3.8) is 0 Å². The molecule has 0 spiro atoms. The van der Waals surface area contributed by atoms with Crippen LogP contribution in [0.3, 0.4) is 0 Å². The van der Waals surface area contributed by atoms with Gasteiger partial charge >= 0.3 is 0 Å². The third-order valence-electron chi connectivity index (χ3n) is 5.57. The van der Waals surface area contributed by atoms with E-state index < -0.39 is 0 Å². The topological polar surface area (TPSA) is 68.8 Å². The van der Waals surface area contributed by atoms with Crippen LogP contribution in [0.25, 0.3) is 0 Å². The molecule has 0 radical (unpaired) electrons. The lowest BCUT2D eigenvalue weighted by Crippen LogP contribution is -2.41. The molecule has 0 bridgehead atoms. The van der Waals surface area contributed by atoms with Gasteiger partial charge in [-0.15, -0.1) is 10.2 Å². The van der Waals surface area contributed by atoms with Crippen LogP contribution in [0.5, 0.6) is 0 Å². The van der Waals surface area contributed by atoms with Gasteiger partial charge in [0.05, 0.1) is 18.3 Å². The van der Waals surface area contributed by atoms with E-state index in [0.29, 0.717) is 26.1 Å². The molecule has 1 aliphatic heterocycles. The zero-order valence-corrected chi connectivity index (χ0v) is 17.4. The predicted octanol–water partition coefficient (Wildman–Crippen LogP) is 2.87. The summed E-state index contributed by atoms with van der Waals surface area (Å²) < 4.78 is 4.12. The molecule has 1 aliphatic rings. The Kier molecular flexibility index (Phi) is 5.47. The van der Waals surface area contributed by atoms with Crippen molar-refractivity contribution in [1.29, 1.82) is 0 Å². The lowest BCUT2D eigenvalue weighted by atomic mass is 10.1. The number of amides is 1. The molecule has 0 fully saturated rings. The molecule has 0 unspecified atom stereocenters. The van der Waals surface area contributed by atoms with Gasteiger partial charge in [0.1, 0.15) is 5.82 Å². The number of carbonyl (C=O) groups excluding carboxylic acids is 1. The van der Waals surface area contributed by atoms with E-state index in [4.69, 9.17) is 0 Å². The van der Waals surface area contributed by atoms with E-state index in [1.54, 1.807) is 0 Å². The Balaban J connectivity index is 1.39. The highest BCUT2D eigenvalue weighted by molar-refractivity contribution is 5.76. The van der Waals surface area contributed by atoms with E-state index in [9.17, 15) is 4.79 Å². The average molecular weight is 393 g/mol. The second kappa shape index (κ2) is 8.19. The molecule has 29 heavy (non-hydrogen) atoms. The number of rotatable bonds is 6. The molecule has 1 atom stereocenters. The maximum Gasteiger partial charge on any atom is 0.224 e. The molecule has 0 saturated carbocycles. The minimum atomic E-state index is 0.143. The van der Waals surface area contributed by atoms with Crippen molar-refractivity contribution in [3.8, 4) is 0 Å². The number of aromatic nitrogens is 5. The fourth-order valence-corrected chi connectivity index (χ4v) is 4.14. The highest BCUT2D eigenvalue weighted by Crippen LogP contribution is 2.23. The molecular weight excluding hydrogens is 364 g/mol. The van der Waals surface area contributed by atoms with E-state index in [-0.39, 0.29) is 11.9 Å². The van der Waals surface area contributed by atoms with Crippen LogP contribution in [-0.4, -0.2) is 41.9 Å². The number of hydrogen-bond donors (Lipinski definition) is 0. The fraction of sp³-hybridized carbons (Fsp3) is 0.455. The van der Waals surface area contributed by atoms with Crippen LogP contribution in [0.2, 0.25) is 0 Å². The minimum Gasteiger partial charge on any atom is -0.333 e. The molecule has 7 nitrogen and oxygen atoms in total. The van der Waals surface area contributed by atoms with Gasteiger partial charge in [-0.25, -0.2) is 0 Å². The molecule has 3 aromatic rings. The molecular formula is C22H28N6O. The van der Waals surface area contributed by atoms with Crippen LogP contribution in [0.15, 0.2) is 36.4 Å². The monoisotopic (exact) mass is 392 g/mol. The minimum absolute atomic E-state index is 0.143. The summed E-state index contributed by atoms with van der Waals surface area (Å²) >= 11 is 0. The quantitative estimate of drug-likeness (QED) is 0.647. The predicted molar refractivity (Wildman–Crippen MR) is 110 cm³/mol. The van der Waals surface area contributed by atoms with Crippen LogP contribution in [0.1, 0.15) is 48.0 Å². The molecule has 3 heterocycles. The van der Waals surface area contributed by atoms with Gasteiger partial charge in [-0.2, -0.15) is 5.10 Å². The molecule has 152 valence electrons. The maximum absolute atomic E-state index is 12.8. The lowest BCUT2D eigenvalue weighted by Gasteiger charge is -2.32. The Hall–Kier alpha value is -2.96. The number of fused-ring (bicyclic) bond motifs is 1. The normalized spacial score (nSPS) is 16.1. The van der Waals surface area contributed by atoms with Crippen LogP contribution in [-0.2, 0) is 30.7 Å². The SMILES string of the molecule is Cc1cc(C)n(CCC(=O)N2Cc3nnc(CCc4ccccc4)n3[C@@H](C)C2)n1. The van der Waals surface area contributed by atoms with Gasteiger partial charge in [0.15, 0.2) is 5.82 Å². The molecule has 0 aliphatic carbocycles.